The molecule has 0 fully saturated rings. The van der Waals surface area contributed by atoms with Crippen molar-refractivity contribution in [3.8, 4) is 0 Å². The normalized spacial score (nSPS) is 19.4. The van der Waals surface area contributed by atoms with Crippen LogP contribution in [0.15, 0.2) is 18.0 Å². The predicted octanol–water partition coefficient (Wildman–Crippen LogP) is 1.96. The maximum atomic E-state index is 4.22. The molecule has 1 heterocycles. The quantitative estimate of drug-likeness (QED) is 0.743. The molecule has 0 bridgehead atoms. The first kappa shape index (κ1) is 10.4. The van der Waals surface area contributed by atoms with Crippen LogP contribution in [0.1, 0.15) is 44.0 Å². The minimum absolute atomic E-state index is 0.214. The highest BCUT2D eigenvalue weighted by Crippen LogP contribution is 2.26. The first-order valence-corrected chi connectivity index (χ1v) is 5.63. The van der Waals surface area contributed by atoms with Crippen LogP contribution in [-0.2, 0) is 0 Å². The van der Waals surface area contributed by atoms with Gasteiger partial charge in [-0.25, -0.2) is 4.98 Å². The van der Waals surface area contributed by atoms with E-state index in [1.807, 2.05) is 7.05 Å². The zero-order chi connectivity index (χ0) is 10.5. The Morgan fingerprint density at radius 1 is 1.40 bits per heavy atom. The highest BCUT2D eigenvalue weighted by atomic mass is 15.2. The molecule has 0 spiro atoms. The molecule has 2 N–H and O–H groups in total. The van der Waals surface area contributed by atoms with Crippen molar-refractivity contribution < 1.29 is 0 Å². The molecule has 0 amide bonds. The van der Waals surface area contributed by atoms with E-state index in [9.17, 15) is 0 Å². The number of nitrogens with zero attached hydrogens (tertiary/aromatic N) is 2. The highest BCUT2D eigenvalue weighted by molar-refractivity contribution is 5.17. The molecule has 0 radical (unpaired) electrons. The third kappa shape index (κ3) is 2.45. The molecule has 2 rings (SSSR count). The van der Waals surface area contributed by atoms with Crippen LogP contribution in [-0.4, -0.2) is 22.2 Å². The van der Waals surface area contributed by atoms with Gasteiger partial charge in [0.1, 0.15) is 12.2 Å². The molecule has 1 aliphatic rings. The van der Waals surface area contributed by atoms with Crippen LogP contribution in [0.4, 0.5) is 0 Å². The van der Waals surface area contributed by atoms with E-state index in [2.05, 4.69) is 26.6 Å². The zero-order valence-electron chi connectivity index (χ0n) is 9.16. The lowest BCUT2D eigenvalue weighted by atomic mass is 10.0. The third-order valence-corrected chi connectivity index (χ3v) is 2.94. The fraction of sp³-hybridized carbons (Fsp3) is 0.636. The van der Waals surface area contributed by atoms with E-state index >= 15 is 0 Å². The van der Waals surface area contributed by atoms with Crippen LogP contribution >= 0.6 is 0 Å². The van der Waals surface area contributed by atoms with Crippen molar-refractivity contribution in [1.82, 2.24) is 20.5 Å². The Balaban J connectivity index is 2.15. The highest BCUT2D eigenvalue weighted by Gasteiger charge is 2.17. The van der Waals surface area contributed by atoms with E-state index in [0.717, 1.165) is 5.82 Å². The fourth-order valence-electron chi connectivity index (χ4n) is 2.15. The molecule has 0 aromatic carbocycles. The lowest BCUT2D eigenvalue weighted by Crippen LogP contribution is -2.20. The lowest BCUT2D eigenvalue weighted by molar-refractivity contribution is 0.601. The molecule has 82 valence electrons. The molecule has 15 heavy (non-hydrogen) atoms. The molecule has 4 heteroatoms. The van der Waals surface area contributed by atoms with Gasteiger partial charge in [0.15, 0.2) is 0 Å². The molecule has 0 saturated carbocycles. The largest absolute Gasteiger partial charge is 0.307 e. The number of rotatable bonds is 3. The van der Waals surface area contributed by atoms with Gasteiger partial charge in [-0.15, -0.1) is 0 Å². The van der Waals surface area contributed by atoms with Gasteiger partial charge >= 0.3 is 0 Å². The molecular weight excluding hydrogens is 188 g/mol. The summed E-state index contributed by atoms with van der Waals surface area (Å²) in [6.07, 6.45) is 10.2. The van der Waals surface area contributed by atoms with Gasteiger partial charge in [0.2, 0.25) is 0 Å². The second-order valence-corrected chi connectivity index (χ2v) is 3.97. The summed E-state index contributed by atoms with van der Waals surface area (Å²) in [4.78, 5) is 4.22. The van der Waals surface area contributed by atoms with Crippen LogP contribution in [0.25, 0.3) is 0 Å². The monoisotopic (exact) mass is 206 g/mol. The summed E-state index contributed by atoms with van der Waals surface area (Å²) in [5.74, 6) is 0.922. The number of hydrogen-bond acceptors (Lipinski definition) is 3. The van der Waals surface area contributed by atoms with Gasteiger partial charge in [-0.2, -0.15) is 5.10 Å². The van der Waals surface area contributed by atoms with Gasteiger partial charge in [0, 0.05) is 0 Å². The third-order valence-electron chi connectivity index (χ3n) is 2.94. The van der Waals surface area contributed by atoms with Gasteiger partial charge in [0.05, 0.1) is 6.04 Å². The second-order valence-electron chi connectivity index (χ2n) is 3.97. The summed E-state index contributed by atoms with van der Waals surface area (Å²) < 4.78 is 0. The molecule has 4 nitrogen and oxygen atoms in total. The predicted molar refractivity (Wildman–Crippen MR) is 59.4 cm³/mol. The minimum atomic E-state index is 0.214. The van der Waals surface area contributed by atoms with Crippen molar-refractivity contribution in [3.05, 3.63) is 23.8 Å². The maximum Gasteiger partial charge on any atom is 0.145 e. The minimum Gasteiger partial charge on any atom is -0.307 e. The van der Waals surface area contributed by atoms with Crippen molar-refractivity contribution in [3.63, 3.8) is 0 Å². The van der Waals surface area contributed by atoms with E-state index < -0.39 is 0 Å². The number of allylic oxidation sites excluding steroid dienone is 1. The molecule has 1 aromatic heterocycles. The topological polar surface area (TPSA) is 53.6 Å². The Hall–Kier alpha value is -1.16. The fourth-order valence-corrected chi connectivity index (χ4v) is 2.15. The zero-order valence-corrected chi connectivity index (χ0v) is 9.16. The van der Waals surface area contributed by atoms with E-state index in [1.54, 1.807) is 6.33 Å². The number of H-pyrrole nitrogens is 1. The van der Waals surface area contributed by atoms with Gasteiger partial charge in [-0.1, -0.05) is 12.5 Å². The first-order chi connectivity index (χ1) is 7.42. The first-order valence-electron chi connectivity index (χ1n) is 5.63. The molecule has 0 saturated heterocycles. The maximum absolute atomic E-state index is 4.22. The second kappa shape index (κ2) is 5.07. The lowest BCUT2D eigenvalue weighted by Gasteiger charge is -2.16. The Morgan fingerprint density at radius 3 is 3.07 bits per heavy atom. The van der Waals surface area contributed by atoms with E-state index in [0.29, 0.717) is 0 Å². The van der Waals surface area contributed by atoms with E-state index in [4.69, 9.17) is 0 Å². The SMILES string of the molecule is CNC(C1=CCCCCC1)c1ncn[nH]1. The van der Waals surface area contributed by atoms with Gasteiger partial charge in [0.25, 0.3) is 0 Å². The Morgan fingerprint density at radius 2 is 2.33 bits per heavy atom. The Kier molecular flexibility index (Phi) is 3.50. The number of likely N-dealkylation sites (N-methyl/N-ethyl adjacent to an activating group) is 1. The molecule has 1 aromatic rings. The molecule has 1 unspecified atom stereocenters. The number of hydrogen-bond donors (Lipinski definition) is 2. The van der Waals surface area contributed by atoms with Gasteiger partial charge in [-0.05, 0) is 38.3 Å². The summed E-state index contributed by atoms with van der Waals surface area (Å²) in [7, 11) is 1.97. The van der Waals surface area contributed by atoms with Crippen molar-refractivity contribution in [2.75, 3.05) is 7.05 Å². The van der Waals surface area contributed by atoms with Crippen molar-refractivity contribution >= 4 is 0 Å². The molecular formula is C11H18N4. The van der Waals surface area contributed by atoms with Crippen LogP contribution in [0.3, 0.4) is 0 Å². The summed E-state index contributed by atoms with van der Waals surface area (Å²) in [5.41, 5.74) is 1.45. The van der Waals surface area contributed by atoms with E-state index in [-0.39, 0.29) is 6.04 Å². The molecule has 1 atom stereocenters. The number of aromatic nitrogens is 3. The summed E-state index contributed by atoms with van der Waals surface area (Å²) in [5, 5.41) is 10.1. The average Bonchev–Trinajstić information content (AvgIpc) is 2.63. The summed E-state index contributed by atoms with van der Waals surface area (Å²) in [6.45, 7) is 0. The standard InChI is InChI=1S/C11H18N4/c1-12-10(11-13-8-14-15-11)9-6-4-2-3-5-7-9/h6,8,10,12H,2-5,7H2,1H3,(H,13,14,15). The van der Waals surface area contributed by atoms with Crippen LogP contribution < -0.4 is 5.32 Å². The smallest absolute Gasteiger partial charge is 0.145 e. The summed E-state index contributed by atoms with van der Waals surface area (Å²) in [6, 6.07) is 0.214. The van der Waals surface area contributed by atoms with Crippen LogP contribution in [0.5, 0.6) is 0 Å². The van der Waals surface area contributed by atoms with Crippen LogP contribution in [0, 0.1) is 0 Å². The van der Waals surface area contributed by atoms with Gasteiger partial charge in [-0.3, -0.25) is 5.10 Å². The van der Waals surface area contributed by atoms with Crippen molar-refractivity contribution in [2.24, 2.45) is 0 Å². The Labute approximate surface area is 90.2 Å². The van der Waals surface area contributed by atoms with Gasteiger partial charge < -0.3 is 5.32 Å². The molecule has 1 aliphatic carbocycles. The average molecular weight is 206 g/mol. The van der Waals surface area contributed by atoms with E-state index in [1.165, 1.54) is 37.7 Å². The van der Waals surface area contributed by atoms with Crippen LogP contribution in [0.2, 0.25) is 0 Å². The van der Waals surface area contributed by atoms with Crippen molar-refractivity contribution in [2.45, 2.75) is 38.1 Å². The Bertz CT molecular complexity index is 315. The number of nitrogens with one attached hydrogen (secondary N) is 2. The number of aromatic amines is 1. The van der Waals surface area contributed by atoms with Crippen molar-refractivity contribution in [1.29, 1.82) is 0 Å². The summed E-state index contributed by atoms with van der Waals surface area (Å²) >= 11 is 0. The molecule has 0 aliphatic heterocycles.